The summed E-state index contributed by atoms with van der Waals surface area (Å²) < 4.78 is 1.73. The minimum Gasteiger partial charge on any atom is -0.379 e. The Kier molecular flexibility index (Phi) is 3.44. The van der Waals surface area contributed by atoms with Crippen molar-refractivity contribution in [2.45, 2.75) is 51.0 Å². The van der Waals surface area contributed by atoms with Crippen LogP contribution < -0.4 is 10.6 Å². The molecule has 2 aliphatic rings. The van der Waals surface area contributed by atoms with Gasteiger partial charge in [-0.2, -0.15) is 4.98 Å². The van der Waals surface area contributed by atoms with Crippen molar-refractivity contribution in [2.24, 2.45) is 5.92 Å². The highest BCUT2D eigenvalue weighted by Crippen LogP contribution is 2.30. The van der Waals surface area contributed by atoms with E-state index >= 15 is 0 Å². The van der Waals surface area contributed by atoms with Crippen LogP contribution in [0.5, 0.6) is 0 Å². The molecule has 2 aliphatic carbocycles. The Bertz CT molecular complexity index is 685. The summed E-state index contributed by atoms with van der Waals surface area (Å²) in [6.07, 6.45) is 10.2. The predicted molar refractivity (Wildman–Crippen MR) is 84.8 cm³/mol. The molecule has 2 aromatic heterocycles. The fraction of sp³-hybridized carbons (Fsp3) is 0.562. The molecule has 22 heavy (non-hydrogen) atoms. The molecular formula is C16H21N5O. The van der Waals surface area contributed by atoms with E-state index in [9.17, 15) is 4.79 Å². The molecule has 6 nitrogen and oxygen atoms in total. The highest BCUT2D eigenvalue weighted by atomic mass is 16.2. The van der Waals surface area contributed by atoms with Gasteiger partial charge < -0.3 is 5.32 Å². The third-order valence-corrected chi connectivity index (χ3v) is 4.51. The Hall–Kier alpha value is -2.11. The van der Waals surface area contributed by atoms with Gasteiger partial charge in [0.2, 0.25) is 11.9 Å². The lowest BCUT2D eigenvalue weighted by Crippen LogP contribution is -2.22. The van der Waals surface area contributed by atoms with Crippen molar-refractivity contribution >= 4 is 23.2 Å². The lowest BCUT2D eigenvalue weighted by Gasteiger charge is -2.23. The maximum Gasteiger partial charge on any atom is 0.249 e. The second-order valence-corrected chi connectivity index (χ2v) is 6.37. The van der Waals surface area contributed by atoms with Crippen molar-refractivity contribution in [1.82, 2.24) is 14.6 Å². The van der Waals surface area contributed by atoms with Crippen LogP contribution in [0.1, 0.15) is 44.9 Å². The first-order chi connectivity index (χ1) is 10.8. The fourth-order valence-corrected chi connectivity index (χ4v) is 3.10. The summed E-state index contributed by atoms with van der Waals surface area (Å²) >= 11 is 0. The molecule has 2 saturated carbocycles. The van der Waals surface area contributed by atoms with Gasteiger partial charge in [-0.05, 0) is 37.8 Å². The van der Waals surface area contributed by atoms with Crippen LogP contribution in [0.15, 0.2) is 18.3 Å². The SMILES string of the molecule is O=C(Nc1nc2c(NC3CCCCC3)cccn2n1)C1CC1. The molecule has 0 radical (unpaired) electrons. The van der Waals surface area contributed by atoms with Gasteiger partial charge in [0.1, 0.15) is 0 Å². The number of hydrogen-bond acceptors (Lipinski definition) is 4. The summed E-state index contributed by atoms with van der Waals surface area (Å²) in [5.41, 5.74) is 1.77. The molecule has 116 valence electrons. The summed E-state index contributed by atoms with van der Waals surface area (Å²) in [6, 6.07) is 4.51. The van der Waals surface area contributed by atoms with E-state index < -0.39 is 0 Å². The normalized spacial score (nSPS) is 19.3. The average molecular weight is 299 g/mol. The van der Waals surface area contributed by atoms with Crippen LogP contribution in [0.4, 0.5) is 11.6 Å². The van der Waals surface area contributed by atoms with Crippen LogP contribution in [0.3, 0.4) is 0 Å². The van der Waals surface area contributed by atoms with Crippen LogP contribution in [-0.2, 0) is 4.79 Å². The van der Waals surface area contributed by atoms with Crippen LogP contribution >= 0.6 is 0 Å². The van der Waals surface area contributed by atoms with Crippen molar-refractivity contribution in [2.75, 3.05) is 10.6 Å². The van der Waals surface area contributed by atoms with Crippen molar-refractivity contribution in [3.05, 3.63) is 18.3 Å². The predicted octanol–water partition coefficient (Wildman–Crippen LogP) is 2.82. The third kappa shape index (κ3) is 2.77. The molecule has 0 bridgehead atoms. The molecule has 0 saturated heterocycles. The van der Waals surface area contributed by atoms with Crippen LogP contribution in [0.25, 0.3) is 5.65 Å². The fourth-order valence-electron chi connectivity index (χ4n) is 3.10. The van der Waals surface area contributed by atoms with Gasteiger partial charge in [0.25, 0.3) is 0 Å². The van der Waals surface area contributed by atoms with Gasteiger partial charge in [0.15, 0.2) is 5.65 Å². The summed E-state index contributed by atoms with van der Waals surface area (Å²) in [4.78, 5) is 16.3. The van der Waals surface area contributed by atoms with Crippen LogP contribution in [0.2, 0.25) is 0 Å². The van der Waals surface area contributed by atoms with Gasteiger partial charge >= 0.3 is 0 Å². The number of carbonyl (C=O) groups excluding carboxylic acids is 1. The zero-order chi connectivity index (χ0) is 14.9. The molecule has 2 aromatic rings. The number of pyridine rings is 1. The lowest BCUT2D eigenvalue weighted by atomic mass is 9.95. The maximum atomic E-state index is 11.8. The largest absolute Gasteiger partial charge is 0.379 e. The Labute approximate surface area is 129 Å². The number of nitrogens with zero attached hydrogens (tertiary/aromatic N) is 3. The minimum absolute atomic E-state index is 0.0395. The molecule has 0 spiro atoms. The number of hydrogen-bond donors (Lipinski definition) is 2. The Morgan fingerprint density at radius 2 is 2.00 bits per heavy atom. The lowest BCUT2D eigenvalue weighted by molar-refractivity contribution is -0.117. The molecule has 2 N–H and O–H groups in total. The molecular weight excluding hydrogens is 278 g/mol. The standard InChI is InChI=1S/C16H21N5O/c22-15(11-8-9-11)19-16-18-14-13(7-4-10-21(14)20-16)17-12-5-2-1-3-6-12/h4,7,10-12,17H,1-3,5-6,8-9H2,(H,19,20,22). The van der Waals surface area contributed by atoms with E-state index in [4.69, 9.17) is 0 Å². The molecule has 0 aliphatic heterocycles. The van der Waals surface area contributed by atoms with Gasteiger partial charge in [-0.1, -0.05) is 19.3 Å². The molecule has 0 aromatic carbocycles. The van der Waals surface area contributed by atoms with E-state index in [-0.39, 0.29) is 11.8 Å². The first-order valence-corrected chi connectivity index (χ1v) is 8.22. The molecule has 0 unspecified atom stereocenters. The second-order valence-electron chi connectivity index (χ2n) is 6.37. The van der Waals surface area contributed by atoms with Crippen molar-refractivity contribution in [3.8, 4) is 0 Å². The van der Waals surface area contributed by atoms with E-state index in [0.29, 0.717) is 12.0 Å². The average Bonchev–Trinajstić information content (AvgIpc) is 3.30. The highest BCUT2D eigenvalue weighted by molar-refractivity contribution is 5.92. The zero-order valence-corrected chi connectivity index (χ0v) is 12.6. The first kappa shape index (κ1) is 13.5. The van der Waals surface area contributed by atoms with Crippen molar-refractivity contribution in [1.29, 1.82) is 0 Å². The smallest absolute Gasteiger partial charge is 0.249 e. The molecule has 0 atom stereocenters. The number of rotatable bonds is 4. The van der Waals surface area contributed by atoms with Crippen LogP contribution in [0, 0.1) is 5.92 Å². The van der Waals surface area contributed by atoms with Gasteiger partial charge in [-0.3, -0.25) is 10.1 Å². The number of aromatic nitrogens is 3. The second kappa shape index (κ2) is 5.59. The van der Waals surface area contributed by atoms with Crippen molar-refractivity contribution < 1.29 is 4.79 Å². The molecule has 2 fully saturated rings. The number of amides is 1. The van der Waals surface area contributed by atoms with E-state index in [0.717, 1.165) is 24.2 Å². The quantitative estimate of drug-likeness (QED) is 0.910. The van der Waals surface area contributed by atoms with E-state index in [2.05, 4.69) is 20.7 Å². The summed E-state index contributed by atoms with van der Waals surface area (Å²) in [7, 11) is 0. The maximum absolute atomic E-state index is 11.8. The van der Waals surface area contributed by atoms with E-state index in [1.807, 2.05) is 18.3 Å². The summed E-state index contributed by atoms with van der Waals surface area (Å²) in [5, 5.41) is 10.8. The molecule has 6 heteroatoms. The number of carbonyl (C=O) groups is 1. The number of anilines is 2. The van der Waals surface area contributed by atoms with Crippen molar-refractivity contribution in [3.63, 3.8) is 0 Å². The zero-order valence-electron chi connectivity index (χ0n) is 12.6. The minimum atomic E-state index is 0.0395. The Morgan fingerprint density at radius 3 is 2.77 bits per heavy atom. The highest BCUT2D eigenvalue weighted by Gasteiger charge is 2.30. The van der Waals surface area contributed by atoms with Crippen LogP contribution in [-0.4, -0.2) is 26.5 Å². The topological polar surface area (TPSA) is 71.3 Å². The van der Waals surface area contributed by atoms with Gasteiger partial charge in [-0.25, -0.2) is 4.52 Å². The van der Waals surface area contributed by atoms with E-state index in [1.54, 1.807) is 4.52 Å². The Morgan fingerprint density at radius 1 is 1.18 bits per heavy atom. The Balaban J connectivity index is 1.55. The summed E-state index contributed by atoms with van der Waals surface area (Å²) in [5.74, 6) is 0.596. The number of nitrogens with one attached hydrogen (secondary N) is 2. The number of fused-ring (bicyclic) bond motifs is 1. The van der Waals surface area contributed by atoms with Gasteiger partial charge in [0, 0.05) is 18.2 Å². The monoisotopic (exact) mass is 299 g/mol. The molecule has 2 heterocycles. The molecule has 1 amide bonds. The summed E-state index contributed by atoms with van der Waals surface area (Å²) in [6.45, 7) is 0. The third-order valence-electron chi connectivity index (χ3n) is 4.51. The first-order valence-electron chi connectivity index (χ1n) is 8.22. The van der Waals surface area contributed by atoms with Gasteiger partial charge in [-0.15, -0.1) is 5.10 Å². The van der Waals surface area contributed by atoms with Gasteiger partial charge in [0.05, 0.1) is 5.69 Å². The molecule has 4 rings (SSSR count). The van der Waals surface area contributed by atoms with E-state index in [1.165, 1.54) is 32.1 Å².